The molecule has 0 radical (unpaired) electrons. The molecule has 0 saturated heterocycles. The summed E-state index contributed by atoms with van der Waals surface area (Å²) in [7, 11) is 0. The number of fused-ring (bicyclic) bond motifs is 1. The first-order valence-corrected chi connectivity index (χ1v) is 7.94. The number of aromatic nitrogens is 2. The number of benzene rings is 2. The molecule has 0 aliphatic carbocycles. The third kappa shape index (κ3) is 2.81. The maximum atomic E-state index is 4.34. The van der Waals surface area contributed by atoms with Crippen molar-refractivity contribution in [2.24, 2.45) is 0 Å². The second kappa shape index (κ2) is 5.90. The van der Waals surface area contributed by atoms with Crippen molar-refractivity contribution in [3.63, 3.8) is 0 Å². The Hall–Kier alpha value is -1.81. The van der Waals surface area contributed by atoms with E-state index in [0.29, 0.717) is 0 Å². The van der Waals surface area contributed by atoms with Crippen molar-refractivity contribution in [3.05, 3.63) is 58.8 Å². The third-order valence-corrected chi connectivity index (χ3v) is 4.41. The van der Waals surface area contributed by atoms with Crippen LogP contribution in [0.4, 0.5) is 5.69 Å². The summed E-state index contributed by atoms with van der Waals surface area (Å²) in [6.07, 6.45) is 4.03. The molecule has 21 heavy (non-hydrogen) atoms. The highest BCUT2D eigenvalue weighted by atomic mass is 79.9. The average Bonchev–Trinajstić information content (AvgIpc) is 2.99. The molecule has 0 spiro atoms. The summed E-state index contributed by atoms with van der Waals surface area (Å²) in [5, 5.41) is 10.4. The van der Waals surface area contributed by atoms with Gasteiger partial charge in [-0.05, 0) is 31.4 Å². The Morgan fingerprint density at radius 2 is 1.95 bits per heavy atom. The van der Waals surface area contributed by atoms with Crippen LogP contribution in [-0.4, -0.2) is 9.78 Å². The lowest BCUT2D eigenvalue weighted by molar-refractivity contribution is 0.658. The zero-order chi connectivity index (χ0) is 14.8. The van der Waals surface area contributed by atoms with Crippen LogP contribution in [0.15, 0.2) is 53.3 Å². The molecule has 3 aromatic rings. The Morgan fingerprint density at radius 3 is 2.67 bits per heavy atom. The Bertz CT molecular complexity index is 764. The van der Waals surface area contributed by atoms with Crippen LogP contribution >= 0.6 is 15.9 Å². The van der Waals surface area contributed by atoms with Gasteiger partial charge in [0, 0.05) is 33.9 Å². The van der Waals surface area contributed by atoms with Gasteiger partial charge in [-0.2, -0.15) is 5.10 Å². The number of halogens is 1. The molecule has 3 nitrogen and oxygen atoms in total. The molecule has 0 fully saturated rings. The Balaban J connectivity index is 1.92. The number of rotatable bonds is 4. The largest absolute Gasteiger partial charge is 0.378 e. The highest BCUT2D eigenvalue weighted by molar-refractivity contribution is 9.10. The van der Waals surface area contributed by atoms with Gasteiger partial charge in [0.05, 0.1) is 12.2 Å². The van der Waals surface area contributed by atoms with Crippen molar-refractivity contribution < 1.29 is 0 Å². The lowest BCUT2D eigenvalue weighted by Crippen LogP contribution is -2.06. The predicted molar refractivity (Wildman–Crippen MR) is 91.6 cm³/mol. The maximum absolute atomic E-state index is 4.34. The smallest absolute Gasteiger partial charge is 0.0542 e. The zero-order valence-electron chi connectivity index (χ0n) is 12.2. The molecule has 1 N–H and O–H groups in total. The van der Waals surface area contributed by atoms with E-state index in [4.69, 9.17) is 0 Å². The monoisotopic (exact) mass is 343 g/mol. The van der Waals surface area contributed by atoms with Gasteiger partial charge in [0.2, 0.25) is 0 Å². The Morgan fingerprint density at radius 1 is 1.19 bits per heavy atom. The van der Waals surface area contributed by atoms with Crippen molar-refractivity contribution >= 4 is 32.4 Å². The average molecular weight is 344 g/mol. The first kappa shape index (κ1) is 14.1. The quantitative estimate of drug-likeness (QED) is 0.722. The van der Waals surface area contributed by atoms with Crippen LogP contribution in [-0.2, 0) is 6.54 Å². The van der Waals surface area contributed by atoms with E-state index < -0.39 is 0 Å². The molecule has 0 aliphatic rings. The minimum absolute atomic E-state index is 0.217. The van der Waals surface area contributed by atoms with Gasteiger partial charge in [-0.15, -0.1) is 0 Å². The molecule has 1 heterocycles. The van der Waals surface area contributed by atoms with Gasteiger partial charge in [-0.3, -0.25) is 4.68 Å². The normalized spacial score (nSPS) is 12.5. The van der Waals surface area contributed by atoms with Crippen LogP contribution in [0.25, 0.3) is 10.8 Å². The summed E-state index contributed by atoms with van der Waals surface area (Å²) in [5.74, 6) is 0. The van der Waals surface area contributed by atoms with E-state index in [2.05, 4.69) is 82.8 Å². The molecular weight excluding hydrogens is 326 g/mol. The van der Waals surface area contributed by atoms with Gasteiger partial charge in [0.1, 0.15) is 0 Å². The van der Waals surface area contributed by atoms with E-state index in [1.54, 1.807) is 0 Å². The van der Waals surface area contributed by atoms with E-state index in [-0.39, 0.29) is 6.04 Å². The second-order valence-corrected chi connectivity index (χ2v) is 5.99. The molecule has 1 unspecified atom stereocenters. The number of hydrogen-bond donors (Lipinski definition) is 1. The summed E-state index contributed by atoms with van der Waals surface area (Å²) in [6, 6.07) is 12.8. The van der Waals surface area contributed by atoms with E-state index in [9.17, 15) is 0 Å². The fraction of sp³-hybridized carbons (Fsp3) is 0.235. The van der Waals surface area contributed by atoms with Crippen molar-refractivity contribution in [3.8, 4) is 0 Å². The minimum atomic E-state index is 0.217. The fourth-order valence-electron chi connectivity index (χ4n) is 2.48. The second-order valence-electron chi connectivity index (χ2n) is 5.14. The summed E-state index contributed by atoms with van der Waals surface area (Å²) in [5.41, 5.74) is 2.34. The Labute approximate surface area is 133 Å². The highest BCUT2D eigenvalue weighted by Gasteiger charge is 2.10. The summed E-state index contributed by atoms with van der Waals surface area (Å²) < 4.78 is 3.07. The summed E-state index contributed by atoms with van der Waals surface area (Å²) in [4.78, 5) is 0. The molecule has 4 heteroatoms. The van der Waals surface area contributed by atoms with Crippen molar-refractivity contribution in [1.29, 1.82) is 0 Å². The molecule has 1 aromatic heterocycles. The molecule has 3 rings (SSSR count). The van der Waals surface area contributed by atoms with E-state index >= 15 is 0 Å². The molecule has 2 aromatic carbocycles. The van der Waals surface area contributed by atoms with Gasteiger partial charge >= 0.3 is 0 Å². The molecule has 0 amide bonds. The molecule has 0 aliphatic heterocycles. The van der Waals surface area contributed by atoms with Crippen LogP contribution < -0.4 is 5.32 Å². The maximum Gasteiger partial charge on any atom is 0.0542 e. The van der Waals surface area contributed by atoms with Gasteiger partial charge in [-0.1, -0.05) is 40.2 Å². The standard InChI is InChI=1S/C17H18BrN3/c1-3-21-11-13(10-19-21)12(2)20-17-9-8-16(18)14-6-4-5-7-15(14)17/h4-12,20H,3H2,1-2H3. The summed E-state index contributed by atoms with van der Waals surface area (Å²) in [6.45, 7) is 5.15. The lowest BCUT2D eigenvalue weighted by atomic mass is 10.1. The first-order chi connectivity index (χ1) is 10.2. The minimum Gasteiger partial charge on any atom is -0.378 e. The molecule has 1 atom stereocenters. The topological polar surface area (TPSA) is 29.9 Å². The van der Waals surface area contributed by atoms with Gasteiger partial charge in [-0.25, -0.2) is 0 Å². The van der Waals surface area contributed by atoms with Crippen molar-refractivity contribution in [2.45, 2.75) is 26.4 Å². The summed E-state index contributed by atoms with van der Waals surface area (Å²) >= 11 is 3.61. The molecule has 0 bridgehead atoms. The number of aryl methyl sites for hydroxylation is 1. The van der Waals surface area contributed by atoms with E-state index in [1.807, 2.05) is 10.9 Å². The van der Waals surface area contributed by atoms with Gasteiger partial charge in [0.15, 0.2) is 0 Å². The molecule has 0 saturated carbocycles. The number of nitrogens with one attached hydrogen (secondary N) is 1. The van der Waals surface area contributed by atoms with Crippen LogP contribution in [0.5, 0.6) is 0 Å². The van der Waals surface area contributed by atoms with Crippen molar-refractivity contribution in [1.82, 2.24) is 9.78 Å². The lowest BCUT2D eigenvalue weighted by Gasteiger charge is -2.16. The number of hydrogen-bond acceptors (Lipinski definition) is 2. The predicted octanol–water partition coefficient (Wildman–Crippen LogP) is 4.99. The van der Waals surface area contributed by atoms with Crippen LogP contribution in [0, 0.1) is 0 Å². The highest BCUT2D eigenvalue weighted by Crippen LogP contribution is 2.31. The van der Waals surface area contributed by atoms with Crippen LogP contribution in [0.2, 0.25) is 0 Å². The van der Waals surface area contributed by atoms with Crippen LogP contribution in [0.3, 0.4) is 0 Å². The van der Waals surface area contributed by atoms with Gasteiger partial charge < -0.3 is 5.32 Å². The van der Waals surface area contributed by atoms with E-state index in [1.165, 1.54) is 16.3 Å². The number of nitrogens with zero attached hydrogens (tertiary/aromatic N) is 2. The van der Waals surface area contributed by atoms with Crippen molar-refractivity contribution in [2.75, 3.05) is 5.32 Å². The molecular formula is C17H18BrN3. The van der Waals surface area contributed by atoms with Gasteiger partial charge in [0.25, 0.3) is 0 Å². The molecule has 108 valence electrons. The fourth-order valence-corrected chi connectivity index (χ4v) is 2.96. The SMILES string of the molecule is CCn1cc(C(C)Nc2ccc(Br)c3ccccc23)cn1. The zero-order valence-corrected chi connectivity index (χ0v) is 13.8. The first-order valence-electron chi connectivity index (χ1n) is 7.15. The van der Waals surface area contributed by atoms with E-state index in [0.717, 1.165) is 16.7 Å². The van der Waals surface area contributed by atoms with Crippen LogP contribution in [0.1, 0.15) is 25.5 Å². The Kier molecular flexibility index (Phi) is 3.97. The number of anilines is 1. The third-order valence-electron chi connectivity index (χ3n) is 3.72.